The summed E-state index contributed by atoms with van der Waals surface area (Å²) in [5.74, 6) is 0.541. The maximum Gasteiger partial charge on any atom is 0.260 e. The highest BCUT2D eigenvalue weighted by atomic mass is 16.5. The molecular formula is C16H21NO3. The second-order valence-corrected chi connectivity index (χ2v) is 5.00. The minimum absolute atomic E-state index is 0.00319. The molecule has 108 valence electrons. The molecule has 0 unspecified atom stereocenters. The van der Waals surface area contributed by atoms with Crippen molar-refractivity contribution in [2.24, 2.45) is 0 Å². The lowest BCUT2D eigenvalue weighted by atomic mass is 10.1. The topological polar surface area (TPSA) is 46.6 Å². The molecule has 20 heavy (non-hydrogen) atoms. The van der Waals surface area contributed by atoms with E-state index in [9.17, 15) is 9.59 Å². The van der Waals surface area contributed by atoms with Crippen LogP contribution in [0.2, 0.25) is 0 Å². The maximum absolute atomic E-state index is 12.0. The third-order valence-corrected chi connectivity index (χ3v) is 3.57. The van der Waals surface area contributed by atoms with Crippen LogP contribution in [-0.4, -0.2) is 36.3 Å². The molecular weight excluding hydrogens is 254 g/mol. The lowest BCUT2D eigenvalue weighted by Gasteiger charge is -2.26. The van der Waals surface area contributed by atoms with Gasteiger partial charge in [-0.25, -0.2) is 0 Å². The van der Waals surface area contributed by atoms with Crippen LogP contribution in [0.4, 0.5) is 0 Å². The number of benzene rings is 1. The summed E-state index contributed by atoms with van der Waals surface area (Å²) in [4.78, 5) is 25.7. The first-order chi connectivity index (χ1) is 9.72. The highest BCUT2D eigenvalue weighted by Gasteiger charge is 2.18. The zero-order chi connectivity index (χ0) is 14.4. The number of piperidine rings is 1. The number of para-hydroxylation sites is 1. The fraction of sp³-hybridized carbons (Fsp3) is 0.500. The molecule has 1 fully saturated rings. The second-order valence-electron chi connectivity index (χ2n) is 5.00. The molecule has 0 bridgehead atoms. The van der Waals surface area contributed by atoms with Gasteiger partial charge in [0.2, 0.25) is 0 Å². The zero-order valence-electron chi connectivity index (χ0n) is 11.9. The molecule has 1 aliphatic rings. The van der Waals surface area contributed by atoms with Crippen molar-refractivity contribution in [3.8, 4) is 5.75 Å². The number of Topliss-reactive ketones (excluding diaryl/α,β-unsaturated/α-hetero) is 1. The van der Waals surface area contributed by atoms with Gasteiger partial charge in [-0.1, -0.05) is 19.1 Å². The number of likely N-dealkylation sites (tertiary alicyclic amines) is 1. The first kappa shape index (κ1) is 14.6. The smallest absolute Gasteiger partial charge is 0.260 e. The van der Waals surface area contributed by atoms with Crippen molar-refractivity contribution in [3.63, 3.8) is 0 Å². The van der Waals surface area contributed by atoms with E-state index >= 15 is 0 Å². The maximum atomic E-state index is 12.0. The summed E-state index contributed by atoms with van der Waals surface area (Å²) in [6.45, 7) is 3.46. The van der Waals surface area contributed by atoms with E-state index in [0.29, 0.717) is 17.7 Å². The van der Waals surface area contributed by atoms with Crippen LogP contribution in [0.25, 0.3) is 0 Å². The van der Waals surface area contributed by atoms with Crippen molar-refractivity contribution in [3.05, 3.63) is 29.8 Å². The molecule has 1 aromatic rings. The van der Waals surface area contributed by atoms with Gasteiger partial charge in [0.25, 0.3) is 5.91 Å². The molecule has 0 N–H and O–H groups in total. The molecule has 1 heterocycles. The van der Waals surface area contributed by atoms with Crippen LogP contribution >= 0.6 is 0 Å². The molecule has 1 aliphatic heterocycles. The van der Waals surface area contributed by atoms with Crippen molar-refractivity contribution in [1.29, 1.82) is 0 Å². The van der Waals surface area contributed by atoms with E-state index in [1.165, 1.54) is 6.42 Å². The molecule has 0 aliphatic carbocycles. The Bertz CT molecular complexity index is 478. The number of ether oxygens (including phenoxy) is 1. The molecule has 2 rings (SSSR count). The Labute approximate surface area is 119 Å². The Hall–Kier alpha value is -1.84. The molecule has 0 saturated carbocycles. The van der Waals surface area contributed by atoms with Crippen molar-refractivity contribution >= 4 is 11.7 Å². The average molecular weight is 275 g/mol. The van der Waals surface area contributed by atoms with E-state index in [-0.39, 0.29) is 18.3 Å². The normalized spacial score (nSPS) is 14.9. The minimum atomic E-state index is 0.00319. The summed E-state index contributed by atoms with van der Waals surface area (Å²) in [5.41, 5.74) is 0.557. The lowest BCUT2D eigenvalue weighted by molar-refractivity contribution is -0.134. The summed E-state index contributed by atoms with van der Waals surface area (Å²) in [6.07, 6.45) is 3.76. The molecule has 0 spiro atoms. The summed E-state index contributed by atoms with van der Waals surface area (Å²) < 4.78 is 5.56. The minimum Gasteiger partial charge on any atom is -0.483 e. The molecule has 1 aromatic carbocycles. The highest BCUT2D eigenvalue weighted by molar-refractivity contribution is 5.98. The first-order valence-electron chi connectivity index (χ1n) is 7.25. The second kappa shape index (κ2) is 7.08. The van der Waals surface area contributed by atoms with Gasteiger partial charge in [0.15, 0.2) is 12.4 Å². The first-order valence-corrected chi connectivity index (χ1v) is 7.25. The van der Waals surface area contributed by atoms with Crippen LogP contribution in [0.1, 0.15) is 43.0 Å². The number of hydrogen-bond acceptors (Lipinski definition) is 3. The van der Waals surface area contributed by atoms with Crippen LogP contribution in [0.5, 0.6) is 5.75 Å². The fourth-order valence-electron chi connectivity index (χ4n) is 2.39. The van der Waals surface area contributed by atoms with Crippen molar-refractivity contribution in [2.75, 3.05) is 19.7 Å². The molecule has 0 radical (unpaired) electrons. The summed E-state index contributed by atoms with van der Waals surface area (Å²) in [5, 5.41) is 0. The van der Waals surface area contributed by atoms with Crippen molar-refractivity contribution < 1.29 is 14.3 Å². The van der Waals surface area contributed by atoms with Crippen LogP contribution in [0.3, 0.4) is 0 Å². The predicted molar refractivity (Wildman–Crippen MR) is 77.0 cm³/mol. The largest absolute Gasteiger partial charge is 0.483 e. The number of ketones is 1. The Morgan fingerprint density at radius 3 is 2.55 bits per heavy atom. The highest BCUT2D eigenvalue weighted by Crippen LogP contribution is 2.20. The number of carbonyl (C=O) groups is 2. The lowest BCUT2D eigenvalue weighted by Crippen LogP contribution is -2.38. The fourth-order valence-corrected chi connectivity index (χ4v) is 2.39. The van der Waals surface area contributed by atoms with E-state index in [1.54, 1.807) is 12.1 Å². The average Bonchev–Trinajstić information content (AvgIpc) is 2.53. The SMILES string of the molecule is CCC(=O)c1ccccc1OCC(=O)N1CCCCC1. The third-order valence-electron chi connectivity index (χ3n) is 3.57. The third kappa shape index (κ3) is 3.59. The Morgan fingerprint density at radius 1 is 1.15 bits per heavy atom. The van der Waals surface area contributed by atoms with E-state index in [2.05, 4.69) is 0 Å². The molecule has 4 nitrogen and oxygen atoms in total. The molecule has 1 saturated heterocycles. The van der Waals surface area contributed by atoms with E-state index in [4.69, 9.17) is 4.74 Å². The number of hydrogen-bond donors (Lipinski definition) is 0. The van der Waals surface area contributed by atoms with Crippen molar-refractivity contribution in [1.82, 2.24) is 4.90 Å². The molecule has 1 amide bonds. The number of amides is 1. The van der Waals surface area contributed by atoms with Gasteiger partial charge >= 0.3 is 0 Å². The van der Waals surface area contributed by atoms with Crippen molar-refractivity contribution in [2.45, 2.75) is 32.6 Å². The number of nitrogens with zero attached hydrogens (tertiary/aromatic N) is 1. The molecule has 4 heteroatoms. The summed E-state index contributed by atoms with van der Waals surface area (Å²) >= 11 is 0. The van der Waals surface area contributed by atoms with Gasteiger partial charge in [0, 0.05) is 19.5 Å². The van der Waals surface area contributed by atoms with Crippen LogP contribution in [0.15, 0.2) is 24.3 Å². The van der Waals surface area contributed by atoms with E-state index < -0.39 is 0 Å². The van der Waals surface area contributed by atoms with Gasteiger partial charge in [0.05, 0.1) is 5.56 Å². The zero-order valence-corrected chi connectivity index (χ0v) is 11.9. The predicted octanol–water partition coefficient (Wildman–Crippen LogP) is 2.67. The van der Waals surface area contributed by atoms with E-state index in [1.807, 2.05) is 24.0 Å². The molecule has 0 atom stereocenters. The van der Waals surface area contributed by atoms with Crippen LogP contribution < -0.4 is 4.74 Å². The van der Waals surface area contributed by atoms with Gasteiger partial charge in [-0.15, -0.1) is 0 Å². The quantitative estimate of drug-likeness (QED) is 0.776. The Morgan fingerprint density at radius 2 is 1.85 bits per heavy atom. The van der Waals surface area contributed by atoms with Gasteiger partial charge in [0.1, 0.15) is 5.75 Å². The van der Waals surface area contributed by atoms with Gasteiger partial charge in [-0.05, 0) is 31.4 Å². The number of carbonyl (C=O) groups excluding carboxylic acids is 2. The number of rotatable bonds is 5. The summed E-state index contributed by atoms with van der Waals surface area (Å²) in [7, 11) is 0. The van der Waals surface area contributed by atoms with Gasteiger partial charge < -0.3 is 9.64 Å². The van der Waals surface area contributed by atoms with Gasteiger partial charge in [-0.2, -0.15) is 0 Å². The molecule has 0 aromatic heterocycles. The van der Waals surface area contributed by atoms with E-state index in [0.717, 1.165) is 25.9 Å². The Kier molecular flexibility index (Phi) is 5.16. The Balaban J connectivity index is 1.96. The standard InChI is InChI=1S/C16H21NO3/c1-2-14(18)13-8-4-5-9-15(13)20-12-16(19)17-10-6-3-7-11-17/h4-5,8-9H,2-3,6-7,10-12H2,1H3. The monoisotopic (exact) mass is 275 g/mol. The van der Waals surface area contributed by atoms with Gasteiger partial charge in [-0.3, -0.25) is 9.59 Å². The van der Waals surface area contributed by atoms with Crippen LogP contribution in [-0.2, 0) is 4.79 Å². The summed E-state index contributed by atoms with van der Waals surface area (Å²) in [6, 6.07) is 7.11. The van der Waals surface area contributed by atoms with Crippen LogP contribution in [0, 0.1) is 0 Å².